The summed E-state index contributed by atoms with van der Waals surface area (Å²) in [5.74, 6) is -1.12. The Balaban J connectivity index is 1.45. The molecule has 132 valence electrons. The Morgan fingerprint density at radius 1 is 1.27 bits per heavy atom. The molecule has 3 heterocycles. The molecular weight excluding hydrogens is 330 g/mol. The van der Waals surface area contributed by atoms with Crippen LogP contribution in [0.5, 0.6) is 0 Å². The van der Waals surface area contributed by atoms with Gasteiger partial charge in [-0.1, -0.05) is 18.2 Å². The second-order valence-corrected chi connectivity index (χ2v) is 6.42. The SMILES string of the molecule is O=C(Nc1cnc2ccccc2c1)C(=O)N1CCC[C@@H]1Cn1ccnc1. The fourth-order valence-corrected chi connectivity index (χ4v) is 3.39. The Morgan fingerprint density at radius 2 is 2.15 bits per heavy atom. The van der Waals surface area contributed by atoms with Gasteiger partial charge in [-0.05, 0) is 25.0 Å². The fraction of sp³-hybridized carbons (Fsp3) is 0.263. The summed E-state index contributed by atoms with van der Waals surface area (Å²) in [5.41, 5.74) is 1.36. The Labute approximate surface area is 150 Å². The molecule has 1 aromatic carbocycles. The summed E-state index contributed by atoms with van der Waals surface area (Å²) >= 11 is 0. The zero-order valence-corrected chi connectivity index (χ0v) is 14.2. The van der Waals surface area contributed by atoms with E-state index in [1.807, 2.05) is 41.1 Å². The lowest BCUT2D eigenvalue weighted by molar-refractivity contribution is -0.143. The maximum atomic E-state index is 12.6. The zero-order chi connectivity index (χ0) is 17.9. The van der Waals surface area contributed by atoms with Crippen LogP contribution in [0.15, 0.2) is 55.2 Å². The number of pyridine rings is 1. The number of hydrogen-bond donors (Lipinski definition) is 1. The molecule has 7 heteroatoms. The van der Waals surface area contributed by atoms with E-state index >= 15 is 0 Å². The average Bonchev–Trinajstić information content (AvgIpc) is 3.33. The van der Waals surface area contributed by atoms with Crippen LogP contribution in [-0.4, -0.2) is 43.8 Å². The lowest BCUT2D eigenvalue weighted by Gasteiger charge is -2.24. The van der Waals surface area contributed by atoms with E-state index in [1.165, 1.54) is 0 Å². The molecule has 0 unspecified atom stereocenters. The molecule has 1 N–H and O–H groups in total. The molecular formula is C19H19N5O2. The number of fused-ring (bicyclic) bond motifs is 1. The number of aromatic nitrogens is 3. The first-order chi connectivity index (χ1) is 12.7. The largest absolute Gasteiger partial charge is 0.335 e. The van der Waals surface area contributed by atoms with E-state index in [-0.39, 0.29) is 6.04 Å². The van der Waals surface area contributed by atoms with Crippen molar-refractivity contribution in [3.8, 4) is 0 Å². The number of nitrogens with zero attached hydrogens (tertiary/aromatic N) is 4. The minimum absolute atomic E-state index is 0.0113. The van der Waals surface area contributed by atoms with Gasteiger partial charge in [0.2, 0.25) is 0 Å². The monoisotopic (exact) mass is 349 g/mol. The number of nitrogens with one attached hydrogen (secondary N) is 1. The van der Waals surface area contributed by atoms with Crippen LogP contribution >= 0.6 is 0 Å². The lowest BCUT2D eigenvalue weighted by atomic mass is 10.2. The van der Waals surface area contributed by atoms with Gasteiger partial charge in [0, 0.05) is 30.9 Å². The number of carbonyl (C=O) groups excluding carboxylic acids is 2. The van der Waals surface area contributed by atoms with E-state index in [0.717, 1.165) is 23.7 Å². The molecule has 0 spiro atoms. The molecule has 7 nitrogen and oxygen atoms in total. The smallest absolute Gasteiger partial charge is 0.313 e. The van der Waals surface area contributed by atoms with Crippen molar-refractivity contribution in [3.05, 3.63) is 55.2 Å². The second kappa shape index (κ2) is 6.95. The van der Waals surface area contributed by atoms with Crippen LogP contribution in [0.2, 0.25) is 0 Å². The third kappa shape index (κ3) is 3.28. The Hall–Kier alpha value is -3.22. The molecule has 1 aliphatic heterocycles. The van der Waals surface area contributed by atoms with Crippen LogP contribution in [-0.2, 0) is 16.1 Å². The number of benzene rings is 1. The normalized spacial score (nSPS) is 16.8. The molecule has 1 fully saturated rings. The maximum Gasteiger partial charge on any atom is 0.313 e. The highest BCUT2D eigenvalue weighted by Crippen LogP contribution is 2.20. The first kappa shape index (κ1) is 16.3. The van der Waals surface area contributed by atoms with Gasteiger partial charge in [-0.15, -0.1) is 0 Å². The molecule has 2 aromatic heterocycles. The van der Waals surface area contributed by atoms with Crippen molar-refractivity contribution >= 4 is 28.4 Å². The topological polar surface area (TPSA) is 80.1 Å². The van der Waals surface area contributed by atoms with E-state index in [1.54, 1.807) is 23.6 Å². The summed E-state index contributed by atoms with van der Waals surface area (Å²) in [4.78, 5) is 35.0. The number of amides is 2. The molecule has 0 saturated carbocycles. The van der Waals surface area contributed by atoms with Crippen LogP contribution in [0.25, 0.3) is 10.9 Å². The zero-order valence-electron chi connectivity index (χ0n) is 14.2. The third-order valence-electron chi connectivity index (χ3n) is 4.66. The van der Waals surface area contributed by atoms with E-state index in [2.05, 4.69) is 15.3 Å². The van der Waals surface area contributed by atoms with Crippen molar-refractivity contribution in [2.75, 3.05) is 11.9 Å². The number of carbonyl (C=O) groups is 2. The standard InChI is InChI=1S/C19H19N5O2/c25-18(22-15-10-14-4-1-2-6-17(14)21-11-15)19(26)24-8-3-5-16(24)12-23-9-7-20-13-23/h1-2,4,6-7,9-11,13,16H,3,5,8,12H2,(H,22,25)/t16-/m1/s1. The summed E-state index contributed by atoms with van der Waals surface area (Å²) in [6, 6.07) is 9.47. The van der Waals surface area contributed by atoms with Gasteiger partial charge in [-0.3, -0.25) is 14.6 Å². The van der Waals surface area contributed by atoms with E-state index in [4.69, 9.17) is 0 Å². The van der Waals surface area contributed by atoms with Crippen molar-refractivity contribution < 1.29 is 9.59 Å². The molecule has 4 rings (SSSR count). The van der Waals surface area contributed by atoms with E-state index in [9.17, 15) is 9.59 Å². The minimum atomic E-state index is -0.625. The van der Waals surface area contributed by atoms with Crippen molar-refractivity contribution in [2.45, 2.75) is 25.4 Å². The molecule has 0 radical (unpaired) electrons. The van der Waals surface area contributed by atoms with Gasteiger partial charge in [0.25, 0.3) is 0 Å². The Morgan fingerprint density at radius 3 is 3.00 bits per heavy atom. The molecule has 3 aromatic rings. The van der Waals surface area contributed by atoms with Gasteiger partial charge in [0.05, 0.1) is 29.8 Å². The predicted molar refractivity (Wildman–Crippen MR) is 97.3 cm³/mol. The highest BCUT2D eigenvalue weighted by Gasteiger charge is 2.32. The van der Waals surface area contributed by atoms with Crippen LogP contribution in [0, 0.1) is 0 Å². The van der Waals surface area contributed by atoms with Crippen molar-refractivity contribution in [3.63, 3.8) is 0 Å². The third-order valence-corrected chi connectivity index (χ3v) is 4.66. The van der Waals surface area contributed by atoms with E-state index in [0.29, 0.717) is 18.8 Å². The van der Waals surface area contributed by atoms with Gasteiger partial charge in [-0.2, -0.15) is 0 Å². The summed E-state index contributed by atoms with van der Waals surface area (Å²) in [6.07, 6.45) is 8.65. The second-order valence-electron chi connectivity index (χ2n) is 6.42. The molecule has 0 aliphatic carbocycles. The summed E-state index contributed by atoms with van der Waals surface area (Å²) in [6.45, 7) is 1.25. The van der Waals surface area contributed by atoms with Gasteiger partial charge in [0.1, 0.15) is 0 Å². The Kier molecular flexibility index (Phi) is 4.35. The van der Waals surface area contributed by atoms with Crippen molar-refractivity contribution in [1.29, 1.82) is 0 Å². The van der Waals surface area contributed by atoms with Gasteiger partial charge >= 0.3 is 11.8 Å². The number of rotatable bonds is 3. The van der Waals surface area contributed by atoms with Crippen molar-refractivity contribution in [2.24, 2.45) is 0 Å². The van der Waals surface area contributed by atoms with Gasteiger partial charge in [-0.25, -0.2) is 4.98 Å². The van der Waals surface area contributed by atoms with Crippen molar-refractivity contribution in [1.82, 2.24) is 19.4 Å². The van der Waals surface area contributed by atoms with Crippen LogP contribution in [0.3, 0.4) is 0 Å². The Bertz CT molecular complexity index is 938. The number of imidazole rings is 1. The molecule has 26 heavy (non-hydrogen) atoms. The molecule has 1 aliphatic rings. The number of anilines is 1. The molecule has 0 bridgehead atoms. The number of hydrogen-bond acceptors (Lipinski definition) is 4. The molecule has 1 atom stereocenters. The summed E-state index contributed by atoms with van der Waals surface area (Å²) in [5, 5.41) is 3.59. The first-order valence-electron chi connectivity index (χ1n) is 8.63. The van der Waals surface area contributed by atoms with Gasteiger partial charge < -0.3 is 14.8 Å². The maximum absolute atomic E-state index is 12.6. The highest BCUT2D eigenvalue weighted by molar-refractivity contribution is 6.39. The van der Waals surface area contributed by atoms with Gasteiger partial charge in [0.15, 0.2) is 0 Å². The quantitative estimate of drug-likeness (QED) is 0.734. The number of likely N-dealkylation sites (tertiary alicyclic amines) is 1. The van der Waals surface area contributed by atoms with Crippen LogP contribution < -0.4 is 5.32 Å². The first-order valence-corrected chi connectivity index (χ1v) is 8.63. The van der Waals surface area contributed by atoms with Crippen LogP contribution in [0.1, 0.15) is 12.8 Å². The highest BCUT2D eigenvalue weighted by atomic mass is 16.2. The molecule has 1 saturated heterocycles. The molecule has 2 amide bonds. The number of para-hydroxylation sites is 1. The summed E-state index contributed by atoms with van der Waals surface area (Å²) < 4.78 is 1.93. The fourth-order valence-electron chi connectivity index (χ4n) is 3.39. The minimum Gasteiger partial charge on any atom is -0.335 e. The average molecular weight is 349 g/mol. The van der Waals surface area contributed by atoms with E-state index < -0.39 is 11.8 Å². The lowest BCUT2D eigenvalue weighted by Crippen LogP contribution is -2.44. The predicted octanol–water partition coefficient (Wildman–Crippen LogP) is 2.06. The summed E-state index contributed by atoms with van der Waals surface area (Å²) in [7, 11) is 0. The van der Waals surface area contributed by atoms with Crippen LogP contribution in [0.4, 0.5) is 5.69 Å².